The molecule has 0 aliphatic carbocycles. The number of methoxy groups -OCH3 is 2. The van der Waals surface area contributed by atoms with Crippen LogP contribution in [0.15, 0.2) is 60.8 Å². The first-order valence-corrected chi connectivity index (χ1v) is 7.84. The summed E-state index contributed by atoms with van der Waals surface area (Å²) in [5.74, 6) is 2.05. The summed E-state index contributed by atoms with van der Waals surface area (Å²) in [4.78, 5) is 8.75. The Balaban J connectivity index is 1.79. The second-order valence-electron chi connectivity index (χ2n) is 5.24. The summed E-state index contributed by atoms with van der Waals surface area (Å²) in [6, 6.07) is 17.4. The fraction of sp³-hybridized carbons (Fsp3) is 0.100. The molecule has 2 aromatic carbocycles. The van der Waals surface area contributed by atoms with Crippen LogP contribution in [-0.2, 0) is 0 Å². The van der Waals surface area contributed by atoms with Crippen LogP contribution in [0.5, 0.6) is 11.5 Å². The molecule has 0 aliphatic heterocycles. The molecule has 0 saturated carbocycles. The number of nitrogens with one attached hydrogen (secondary N) is 1. The Labute approximate surface area is 147 Å². The van der Waals surface area contributed by atoms with E-state index < -0.39 is 0 Å². The third-order valence-corrected chi connectivity index (χ3v) is 3.58. The first kappa shape index (κ1) is 16.5. The number of hydrogen-bond donors (Lipinski definition) is 1. The van der Waals surface area contributed by atoms with E-state index in [4.69, 9.17) is 9.47 Å². The molecule has 0 unspecified atom stereocenters. The first-order chi connectivity index (χ1) is 12.3. The van der Waals surface area contributed by atoms with E-state index in [-0.39, 0.29) is 0 Å². The third-order valence-electron chi connectivity index (χ3n) is 3.58. The molecule has 0 amide bonds. The van der Waals surface area contributed by atoms with Gasteiger partial charge in [0.2, 0.25) is 5.95 Å². The van der Waals surface area contributed by atoms with Crippen molar-refractivity contribution in [2.45, 2.75) is 0 Å². The van der Waals surface area contributed by atoms with Gasteiger partial charge in [-0.2, -0.15) is 0 Å². The van der Waals surface area contributed by atoms with Crippen molar-refractivity contribution in [3.63, 3.8) is 0 Å². The van der Waals surface area contributed by atoms with Gasteiger partial charge in [0.25, 0.3) is 0 Å². The van der Waals surface area contributed by atoms with Crippen LogP contribution in [0.1, 0.15) is 11.3 Å². The third kappa shape index (κ3) is 4.35. The highest BCUT2D eigenvalue weighted by Gasteiger charge is 2.03. The van der Waals surface area contributed by atoms with Crippen molar-refractivity contribution in [1.29, 1.82) is 0 Å². The highest BCUT2D eigenvalue weighted by molar-refractivity contribution is 5.72. The second-order valence-corrected chi connectivity index (χ2v) is 5.24. The molecule has 5 heteroatoms. The normalized spacial score (nSPS) is 10.6. The Morgan fingerprint density at radius 1 is 0.920 bits per heavy atom. The van der Waals surface area contributed by atoms with Crippen LogP contribution in [-0.4, -0.2) is 24.2 Å². The van der Waals surface area contributed by atoms with Crippen molar-refractivity contribution in [3.05, 3.63) is 72.1 Å². The summed E-state index contributed by atoms with van der Waals surface area (Å²) in [7, 11) is 3.27. The number of rotatable bonds is 6. The van der Waals surface area contributed by atoms with Crippen molar-refractivity contribution >= 4 is 23.8 Å². The lowest BCUT2D eigenvalue weighted by Crippen LogP contribution is -1.97. The van der Waals surface area contributed by atoms with E-state index >= 15 is 0 Å². The quantitative estimate of drug-likeness (QED) is 0.724. The summed E-state index contributed by atoms with van der Waals surface area (Å²) in [5, 5.41) is 3.18. The van der Waals surface area contributed by atoms with E-state index in [1.165, 1.54) is 0 Å². The van der Waals surface area contributed by atoms with Gasteiger partial charge in [0.05, 0.1) is 19.9 Å². The molecule has 3 rings (SSSR count). The van der Waals surface area contributed by atoms with Crippen molar-refractivity contribution in [2.75, 3.05) is 19.5 Å². The van der Waals surface area contributed by atoms with Crippen LogP contribution >= 0.6 is 0 Å². The number of ether oxygens (including phenoxy) is 2. The first-order valence-electron chi connectivity index (χ1n) is 7.84. The minimum atomic E-state index is 0.551. The zero-order chi connectivity index (χ0) is 17.5. The van der Waals surface area contributed by atoms with Gasteiger partial charge >= 0.3 is 0 Å². The summed E-state index contributed by atoms with van der Waals surface area (Å²) < 4.78 is 10.6. The van der Waals surface area contributed by atoms with Crippen molar-refractivity contribution in [2.24, 2.45) is 0 Å². The van der Waals surface area contributed by atoms with Gasteiger partial charge in [-0.15, -0.1) is 0 Å². The van der Waals surface area contributed by atoms with Gasteiger partial charge in [-0.1, -0.05) is 18.2 Å². The molecule has 1 heterocycles. The van der Waals surface area contributed by atoms with E-state index in [1.807, 2.05) is 66.7 Å². The molecule has 0 radical (unpaired) electrons. The molecule has 3 aromatic rings. The van der Waals surface area contributed by atoms with Gasteiger partial charge in [-0.05, 0) is 42.5 Å². The topological polar surface area (TPSA) is 56.3 Å². The Morgan fingerprint density at radius 2 is 1.76 bits per heavy atom. The van der Waals surface area contributed by atoms with E-state index in [0.29, 0.717) is 5.95 Å². The molecule has 0 fully saturated rings. The fourth-order valence-electron chi connectivity index (χ4n) is 2.31. The molecule has 1 N–H and O–H groups in total. The van der Waals surface area contributed by atoms with Gasteiger partial charge < -0.3 is 14.8 Å². The van der Waals surface area contributed by atoms with Crippen molar-refractivity contribution < 1.29 is 9.47 Å². The Bertz CT molecular complexity index is 864. The lowest BCUT2D eigenvalue weighted by Gasteiger charge is -2.07. The minimum absolute atomic E-state index is 0.551. The van der Waals surface area contributed by atoms with Gasteiger partial charge in [-0.25, -0.2) is 9.97 Å². The van der Waals surface area contributed by atoms with E-state index in [2.05, 4.69) is 15.3 Å². The SMILES string of the molecule is COc1ccc(/C=C/c2ccnc(Nc3ccccc3)n2)c(OC)c1. The molecule has 0 saturated heterocycles. The zero-order valence-electron chi connectivity index (χ0n) is 14.1. The predicted octanol–water partition coefficient (Wildman–Crippen LogP) is 4.41. The Hall–Kier alpha value is -3.34. The molecular formula is C20H19N3O2. The standard InChI is InChI=1S/C20H19N3O2/c1-24-18-11-9-15(19(14-18)25-2)8-10-17-12-13-21-20(23-17)22-16-6-4-3-5-7-16/h3-14H,1-2H3,(H,21,22,23)/b10-8+. The molecule has 0 spiro atoms. The lowest BCUT2D eigenvalue weighted by atomic mass is 10.1. The van der Waals surface area contributed by atoms with Crippen LogP contribution < -0.4 is 14.8 Å². The molecule has 0 bridgehead atoms. The highest BCUT2D eigenvalue weighted by atomic mass is 16.5. The number of hydrogen-bond acceptors (Lipinski definition) is 5. The van der Waals surface area contributed by atoms with Gasteiger partial charge in [0.15, 0.2) is 0 Å². The van der Waals surface area contributed by atoms with Crippen LogP contribution in [0.4, 0.5) is 11.6 Å². The molecular weight excluding hydrogens is 314 g/mol. The number of benzene rings is 2. The average Bonchev–Trinajstić information content (AvgIpc) is 2.67. The monoisotopic (exact) mass is 333 g/mol. The summed E-state index contributed by atoms with van der Waals surface area (Å²) >= 11 is 0. The fourth-order valence-corrected chi connectivity index (χ4v) is 2.31. The molecule has 1 aromatic heterocycles. The van der Waals surface area contributed by atoms with E-state index in [0.717, 1.165) is 28.4 Å². The average molecular weight is 333 g/mol. The molecule has 0 aliphatic rings. The maximum absolute atomic E-state index is 5.40. The molecule has 126 valence electrons. The van der Waals surface area contributed by atoms with E-state index in [1.54, 1.807) is 20.4 Å². The predicted molar refractivity (Wildman–Crippen MR) is 100 cm³/mol. The second kappa shape index (κ2) is 7.97. The number of aromatic nitrogens is 2. The van der Waals surface area contributed by atoms with Crippen LogP contribution in [0.3, 0.4) is 0 Å². The zero-order valence-corrected chi connectivity index (χ0v) is 14.1. The summed E-state index contributed by atoms with van der Waals surface area (Å²) in [6.45, 7) is 0. The molecule has 5 nitrogen and oxygen atoms in total. The number of nitrogens with zero attached hydrogens (tertiary/aromatic N) is 2. The van der Waals surface area contributed by atoms with Crippen molar-refractivity contribution in [1.82, 2.24) is 9.97 Å². The molecule has 25 heavy (non-hydrogen) atoms. The maximum atomic E-state index is 5.40. The summed E-state index contributed by atoms with van der Waals surface area (Å²) in [5.41, 5.74) is 2.69. The molecule has 0 atom stereocenters. The van der Waals surface area contributed by atoms with Crippen LogP contribution in [0.25, 0.3) is 12.2 Å². The Kier molecular flexibility index (Phi) is 5.26. The number of para-hydroxylation sites is 1. The van der Waals surface area contributed by atoms with Gasteiger partial charge in [0, 0.05) is 23.5 Å². The Morgan fingerprint density at radius 3 is 2.52 bits per heavy atom. The van der Waals surface area contributed by atoms with Crippen LogP contribution in [0, 0.1) is 0 Å². The maximum Gasteiger partial charge on any atom is 0.227 e. The largest absolute Gasteiger partial charge is 0.497 e. The lowest BCUT2D eigenvalue weighted by molar-refractivity contribution is 0.394. The van der Waals surface area contributed by atoms with Gasteiger partial charge in [0.1, 0.15) is 11.5 Å². The van der Waals surface area contributed by atoms with Crippen molar-refractivity contribution in [3.8, 4) is 11.5 Å². The highest BCUT2D eigenvalue weighted by Crippen LogP contribution is 2.26. The van der Waals surface area contributed by atoms with E-state index in [9.17, 15) is 0 Å². The number of anilines is 2. The smallest absolute Gasteiger partial charge is 0.227 e. The van der Waals surface area contributed by atoms with Crippen LogP contribution in [0.2, 0.25) is 0 Å². The van der Waals surface area contributed by atoms with Gasteiger partial charge in [-0.3, -0.25) is 0 Å². The summed E-state index contributed by atoms with van der Waals surface area (Å²) in [6.07, 6.45) is 5.60. The minimum Gasteiger partial charge on any atom is -0.497 e.